The van der Waals surface area contributed by atoms with E-state index < -0.39 is 0 Å². The van der Waals surface area contributed by atoms with Gasteiger partial charge in [-0.25, -0.2) is 4.39 Å². The monoisotopic (exact) mass is 291 g/mol. The molecule has 0 saturated heterocycles. The summed E-state index contributed by atoms with van der Waals surface area (Å²) in [5.74, 6) is 0.553. The van der Waals surface area contributed by atoms with Crippen molar-refractivity contribution in [3.63, 3.8) is 0 Å². The van der Waals surface area contributed by atoms with Gasteiger partial charge in [-0.2, -0.15) is 0 Å². The van der Waals surface area contributed by atoms with Crippen LogP contribution in [0.15, 0.2) is 47.4 Å². The Morgan fingerprint density at radius 3 is 2.50 bits per heavy atom. The molecule has 0 unspecified atom stereocenters. The first-order valence-electron chi connectivity index (χ1n) is 6.54. The molecule has 0 atom stereocenters. The van der Waals surface area contributed by atoms with E-state index >= 15 is 0 Å². The number of hydrogen-bond acceptors (Lipinski definition) is 3. The van der Waals surface area contributed by atoms with Crippen LogP contribution in [0.4, 0.5) is 4.39 Å². The molecule has 2 aromatic rings. The molecule has 2 nitrogen and oxygen atoms in total. The molecule has 0 radical (unpaired) electrons. The summed E-state index contributed by atoms with van der Waals surface area (Å²) in [6.45, 7) is 3.55. The minimum absolute atomic E-state index is 0.252. The normalized spacial score (nSPS) is 10.6. The van der Waals surface area contributed by atoms with Gasteiger partial charge >= 0.3 is 0 Å². The highest BCUT2D eigenvalue weighted by Gasteiger charge is 2.06. The lowest BCUT2D eigenvalue weighted by Crippen LogP contribution is -2.11. The van der Waals surface area contributed by atoms with E-state index in [-0.39, 0.29) is 11.6 Å². The van der Waals surface area contributed by atoms with Crippen molar-refractivity contribution in [2.45, 2.75) is 18.4 Å². The van der Waals surface area contributed by atoms with E-state index in [0.29, 0.717) is 12.3 Å². The standard InChI is InChI=1S/C16H18FNOS/c1-3-18-11-12-4-9-16(15(17)10-12)19-13-5-7-14(20-2)8-6-13/h4-10,18H,3,11H2,1-2H3. The molecule has 0 heterocycles. The lowest BCUT2D eigenvalue weighted by atomic mass is 10.2. The van der Waals surface area contributed by atoms with Gasteiger partial charge < -0.3 is 10.1 Å². The van der Waals surface area contributed by atoms with Gasteiger partial charge in [0.2, 0.25) is 0 Å². The van der Waals surface area contributed by atoms with Crippen LogP contribution < -0.4 is 10.1 Å². The highest BCUT2D eigenvalue weighted by Crippen LogP contribution is 2.26. The lowest BCUT2D eigenvalue weighted by Gasteiger charge is -2.09. The van der Waals surface area contributed by atoms with Crippen molar-refractivity contribution >= 4 is 11.8 Å². The van der Waals surface area contributed by atoms with Crippen LogP contribution in [-0.4, -0.2) is 12.8 Å². The van der Waals surface area contributed by atoms with E-state index in [0.717, 1.165) is 17.0 Å². The molecule has 0 spiro atoms. The van der Waals surface area contributed by atoms with Gasteiger partial charge in [0, 0.05) is 11.4 Å². The van der Waals surface area contributed by atoms with Crippen molar-refractivity contribution in [2.24, 2.45) is 0 Å². The molecule has 1 N–H and O–H groups in total. The predicted molar refractivity (Wildman–Crippen MR) is 82.1 cm³/mol. The Hall–Kier alpha value is -1.52. The smallest absolute Gasteiger partial charge is 0.166 e. The number of thioether (sulfide) groups is 1. The second-order valence-corrected chi connectivity index (χ2v) is 5.20. The molecule has 4 heteroatoms. The highest BCUT2D eigenvalue weighted by molar-refractivity contribution is 7.98. The zero-order chi connectivity index (χ0) is 14.4. The van der Waals surface area contributed by atoms with E-state index in [1.165, 1.54) is 6.07 Å². The van der Waals surface area contributed by atoms with Crippen molar-refractivity contribution in [3.05, 3.63) is 53.8 Å². The number of rotatable bonds is 6. The number of hydrogen-bond donors (Lipinski definition) is 1. The third-order valence-corrected chi connectivity index (χ3v) is 3.61. The molecule has 106 valence electrons. The molecular weight excluding hydrogens is 273 g/mol. The van der Waals surface area contributed by atoms with E-state index in [9.17, 15) is 4.39 Å². The molecule has 2 aromatic carbocycles. The van der Waals surface area contributed by atoms with Gasteiger partial charge in [-0.05, 0) is 54.8 Å². The fraction of sp³-hybridized carbons (Fsp3) is 0.250. The largest absolute Gasteiger partial charge is 0.454 e. The molecule has 0 aliphatic heterocycles. The maximum absolute atomic E-state index is 14.0. The second-order valence-electron chi connectivity index (χ2n) is 4.32. The Labute approximate surface area is 123 Å². The summed E-state index contributed by atoms with van der Waals surface area (Å²) >= 11 is 1.66. The molecule has 0 aliphatic rings. The maximum Gasteiger partial charge on any atom is 0.166 e. The maximum atomic E-state index is 14.0. The van der Waals surface area contributed by atoms with Crippen LogP contribution in [0.3, 0.4) is 0 Å². The van der Waals surface area contributed by atoms with Gasteiger partial charge in [-0.15, -0.1) is 11.8 Å². The zero-order valence-electron chi connectivity index (χ0n) is 11.7. The highest BCUT2D eigenvalue weighted by atomic mass is 32.2. The van der Waals surface area contributed by atoms with Crippen LogP contribution in [0.25, 0.3) is 0 Å². The number of nitrogens with one attached hydrogen (secondary N) is 1. The first-order valence-corrected chi connectivity index (χ1v) is 7.76. The van der Waals surface area contributed by atoms with Gasteiger partial charge in [-0.3, -0.25) is 0 Å². The van der Waals surface area contributed by atoms with Gasteiger partial charge in [0.25, 0.3) is 0 Å². The number of halogens is 1. The first-order chi connectivity index (χ1) is 9.72. The van der Waals surface area contributed by atoms with Crippen LogP contribution in [-0.2, 0) is 6.54 Å². The van der Waals surface area contributed by atoms with Gasteiger partial charge in [-0.1, -0.05) is 13.0 Å². The van der Waals surface area contributed by atoms with Crippen LogP contribution in [0, 0.1) is 5.82 Å². The molecule has 0 aromatic heterocycles. The van der Waals surface area contributed by atoms with E-state index in [4.69, 9.17) is 4.74 Å². The van der Waals surface area contributed by atoms with Crippen LogP contribution in [0.5, 0.6) is 11.5 Å². The molecule has 20 heavy (non-hydrogen) atoms. The Balaban J connectivity index is 2.08. The minimum Gasteiger partial charge on any atom is -0.454 e. The molecule has 0 saturated carbocycles. The molecule has 0 fully saturated rings. The third-order valence-electron chi connectivity index (χ3n) is 2.86. The van der Waals surface area contributed by atoms with E-state index in [1.54, 1.807) is 17.8 Å². The topological polar surface area (TPSA) is 21.3 Å². The lowest BCUT2D eigenvalue weighted by molar-refractivity contribution is 0.441. The quantitative estimate of drug-likeness (QED) is 0.795. The third kappa shape index (κ3) is 3.99. The summed E-state index contributed by atoms with van der Waals surface area (Å²) in [4.78, 5) is 1.15. The van der Waals surface area contributed by atoms with Crippen LogP contribution in [0.1, 0.15) is 12.5 Å². The fourth-order valence-electron chi connectivity index (χ4n) is 1.78. The summed E-state index contributed by atoms with van der Waals surface area (Å²) < 4.78 is 19.5. The Morgan fingerprint density at radius 2 is 1.90 bits per heavy atom. The second kappa shape index (κ2) is 7.31. The molecular formula is C16H18FNOS. The van der Waals surface area contributed by atoms with Gasteiger partial charge in [0.15, 0.2) is 11.6 Å². The minimum atomic E-state index is -0.339. The number of benzene rings is 2. The average Bonchev–Trinajstić information content (AvgIpc) is 2.48. The average molecular weight is 291 g/mol. The molecule has 2 rings (SSSR count). The molecule has 0 bridgehead atoms. The van der Waals surface area contributed by atoms with Crippen molar-refractivity contribution in [3.8, 4) is 11.5 Å². The van der Waals surface area contributed by atoms with Crippen molar-refractivity contribution < 1.29 is 9.13 Å². The zero-order valence-corrected chi connectivity index (χ0v) is 12.5. The predicted octanol–water partition coefficient (Wildman–Crippen LogP) is 4.45. The van der Waals surface area contributed by atoms with E-state index in [2.05, 4.69) is 5.32 Å². The molecule has 0 aliphatic carbocycles. The summed E-state index contributed by atoms with van der Waals surface area (Å²) in [7, 11) is 0. The van der Waals surface area contributed by atoms with Gasteiger partial charge in [0.05, 0.1) is 0 Å². The van der Waals surface area contributed by atoms with Crippen LogP contribution in [0.2, 0.25) is 0 Å². The fourth-order valence-corrected chi connectivity index (χ4v) is 2.19. The SMILES string of the molecule is CCNCc1ccc(Oc2ccc(SC)cc2)c(F)c1. The summed E-state index contributed by atoms with van der Waals surface area (Å²) in [6.07, 6.45) is 2.01. The number of ether oxygens (including phenoxy) is 1. The Kier molecular flexibility index (Phi) is 5.44. The summed E-state index contributed by atoms with van der Waals surface area (Å²) in [5.41, 5.74) is 0.912. The summed E-state index contributed by atoms with van der Waals surface area (Å²) in [6, 6.07) is 12.7. The van der Waals surface area contributed by atoms with Gasteiger partial charge in [0.1, 0.15) is 5.75 Å². The Bertz CT molecular complexity index is 557. The van der Waals surface area contributed by atoms with Crippen LogP contribution >= 0.6 is 11.8 Å². The van der Waals surface area contributed by atoms with Crippen molar-refractivity contribution in [2.75, 3.05) is 12.8 Å². The Morgan fingerprint density at radius 1 is 1.15 bits per heavy atom. The molecule has 0 amide bonds. The van der Waals surface area contributed by atoms with Crippen molar-refractivity contribution in [1.29, 1.82) is 0 Å². The van der Waals surface area contributed by atoms with E-state index in [1.807, 2.05) is 43.5 Å². The first kappa shape index (κ1) is 14.9. The van der Waals surface area contributed by atoms with Crippen molar-refractivity contribution in [1.82, 2.24) is 5.32 Å². The summed E-state index contributed by atoms with van der Waals surface area (Å²) in [5, 5.41) is 3.16.